The van der Waals surface area contributed by atoms with Crippen molar-refractivity contribution in [2.75, 3.05) is 31.1 Å². The molecule has 0 saturated carbocycles. The van der Waals surface area contributed by atoms with E-state index in [1.165, 1.54) is 0 Å². The summed E-state index contributed by atoms with van der Waals surface area (Å²) < 4.78 is 7.77. The number of ether oxygens (including phenoxy) is 1. The van der Waals surface area contributed by atoms with Gasteiger partial charge in [0.25, 0.3) is 5.91 Å². The molecule has 10 nitrogen and oxygen atoms in total. The maximum atomic E-state index is 13.8. The number of hydrogen-bond acceptors (Lipinski definition) is 6. The van der Waals surface area contributed by atoms with E-state index in [0.717, 1.165) is 51.2 Å². The number of fused-ring (bicyclic) bond motifs is 1. The molecule has 0 bridgehead atoms. The van der Waals surface area contributed by atoms with E-state index in [1.807, 2.05) is 65.9 Å². The van der Waals surface area contributed by atoms with Crippen LogP contribution in [-0.2, 0) is 11.3 Å². The van der Waals surface area contributed by atoms with Crippen molar-refractivity contribution < 1.29 is 14.3 Å². The van der Waals surface area contributed by atoms with Crippen LogP contribution in [0.4, 0.5) is 10.6 Å². The second-order valence-electron chi connectivity index (χ2n) is 13.4. The maximum Gasteiger partial charge on any atom is 0.410 e. The fourth-order valence-corrected chi connectivity index (χ4v) is 6.04. The van der Waals surface area contributed by atoms with E-state index in [4.69, 9.17) is 9.72 Å². The third kappa shape index (κ3) is 6.95. The molecule has 1 atom stereocenters. The molecule has 1 saturated heterocycles. The van der Waals surface area contributed by atoms with Crippen molar-refractivity contribution in [3.05, 3.63) is 81.0 Å². The first-order chi connectivity index (χ1) is 21.8. The van der Waals surface area contributed by atoms with Crippen molar-refractivity contribution in [3.8, 4) is 11.1 Å². The van der Waals surface area contributed by atoms with Gasteiger partial charge in [0.15, 0.2) is 5.43 Å². The number of amides is 2. The van der Waals surface area contributed by atoms with Crippen molar-refractivity contribution in [2.24, 2.45) is 0 Å². The largest absolute Gasteiger partial charge is 0.444 e. The highest BCUT2D eigenvalue weighted by Crippen LogP contribution is 2.34. The highest BCUT2D eigenvalue weighted by molar-refractivity contribution is 6.09. The van der Waals surface area contributed by atoms with E-state index in [9.17, 15) is 14.4 Å². The first kappa shape index (κ1) is 32.8. The zero-order valence-electron chi connectivity index (χ0n) is 28.3. The molecule has 5 rings (SSSR count). The number of carbonyl (C=O) groups excluding carboxylic acids is 2. The second kappa shape index (κ2) is 13.0. The number of aromatic nitrogens is 3. The number of carbonyl (C=O) groups is 2. The van der Waals surface area contributed by atoms with Crippen LogP contribution in [0.3, 0.4) is 0 Å². The summed E-state index contributed by atoms with van der Waals surface area (Å²) in [5, 5.41) is 3.92. The van der Waals surface area contributed by atoms with Gasteiger partial charge in [-0.05, 0) is 90.3 Å². The number of anilines is 1. The zero-order valence-corrected chi connectivity index (χ0v) is 28.3. The van der Waals surface area contributed by atoms with Crippen molar-refractivity contribution in [3.63, 3.8) is 0 Å². The van der Waals surface area contributed by atoms with E-state index in [0.29, 0.717) is 37.3 Å². The summed E-state index contributed by atoms with van der Waals surface area (Å²) in [4.78, 5) is 50.9. The minimum atomic E-state index is -0.524. The second-order valence-corrected chi connectivity index (χ2v) is 13.4. The molecule has 2 amide bonds. The molecular weight excluding hydrogens is 580 g/mol. The third-order valence-corrected chi connectivity index (χ3v) is 8.68. The number of benzene rings is 1. The number of hydrogen-bond donors (Lipinski definition) is 2. The van der Waals surface area contributed by atoms with Crippen molar-refractivity contribution in [2.45, 2.75) is 80.0 Å². The van der Waals surface area contributed by atoms with Crippen LogP contribution in [0.5, 0.6) is 0 Å². The minimum Gasteiger partial charge on any atom is -0.444 e. The lowest BCUT2D eigenvalue weighted by Gasteiger charge is -2.36. The van der Waals surface area contributed by atoms with Gasteiger partial charge in [-0.25, -0.2) is 9.78 Å². The molecule has 1 aliphatic rings. The summed E-state index contributed by atoms with van der Waals surface area (Å²) in [5.74, 6) is 0.604. The fourth-order valence-electron chi connectivity index (χ4n) is 6.04. The number of nitrogens with one attached hydrogen (secondary N) is 2. The summed E-state index contributed by atoms with van der Waals surface area (Å²) in [6.07, 6.45) is 4.62. The molecule has 46 heavy (non-hydrogen) atoms. The van der Waals surface area contributed by atoms with Gasteiger partial charge in [0, 0.05) is 96.2 Å². The van der Waals surface area contributed by atoms with Gasteiger partial charge >= 0.3 is 6.09 Å². The Hall–Kier alpha value is -4.60. The van der Waals surface area contributed by atoms with Crippen molar-refractivity contribution in [1.29, 1.82) is 0 Å². The maximum absolute atomic E-state index is 13.8. The fraction of sp³-hybridized carbons (Fsp3) is 0.444. The van der Waals surface area contributed by atoms with Gasteiger partial charge in [-0.15, -0.1) is 0 Å². The van der Waals surface area contributed by atoms with Crippen LogP contribution in [-0.4, -0.2) is 63.2 Å². The summed E-state index contributed by atoms with van der Waals surface area (Å²) in [7, 11) is 0. The first-order valence-electron chi connectivity index (χ1n) is 16.1. The van der Waals surface area contributed by atoms with E-state index in [2.05, 4.69) is 45.9 Å². The Balaban J connectivity index is 1.42. The van der Waals surface area contributed by atoms with Gasteiger partial charge in [0.1, 0.15) is 11.4 Å². The lowest BCUT2D eigenvalue weighted by Crippen LogP contribution is -2.50. The Kier molecular flexibility index (Phi) is 9.28. The van der Waals surface area contributed by atoms with Gasteiger partial charge in [0.05, 0.1) is 0 Å². The van der Waals surface area contributed by atoms with E-state index in [1.54, 1.807) is 11.0 Å². The monoisotopic (exact) mass is 626 g/mol. The van der Waals surface area contributed by atoms with Crippen LogP contribution >= 0.6 is 0 Å². The number of pyridine rings is 2. The number of nitrogens with zero attached hydrogens (tertiary/aromatic N) is 4. The van der Waals surface area contributed by atoms with E-state index in [-0.39, 0.29) is 30.0 Å². The molecule has 10 heteroatoms. The number of piperazine rings is 1. The molecule has 1 fully saturated rings. The van der Waals surface area contributed by atoms with Gasteiger partial charge in [0.2, 0.25) is 0 Å². The third-order valence-electron chi connectivity index (χ3n) is 8.68. The van der Waals surface area contributed by atoms with E-state index < -0.39 is 5.60 Å². The minimum absolute atomic E-state index is 0.0931. The highest BCUT2D eigenvalue weighted by Gasteiger charge is 2.26. The Morgan fingerprint density at radius 3 is 2.37 bits per heavy atom. The Labute approximate surface area is 270 Å². The molecule has 4 heterocycles. The molecule has 0 spiro atoms. The smallest absolute Gasteiger partial charge is 0.410 e. The lowest BCUT2D eigenvalue weighted by molar-refractivity contribution is 0.0240. The number of aryl methyl sites for hydroxylation is 3. The Bertz CT molecular complexity index is 1810. The lowest BCUT2D eigenvalue weighted by atomic mass is 9.98. The van der Waals surface area contributed by atoms with Crippen LogP contribution in [0, 0.1) is 20.8 Å². The molecule has 0 aliphatic carbocycles. The van der Waals surface area contributed by atoms with Crippen LogP contribution < -0.4 is 15.6 Å². The summed E-state index contributed by atoms with van der Waals surface area (Å²) in [6, 6.07) is 9.89. The molecule has 0 radical (unpaired) electrons. The topological polar surface area (TPSA) is 113 Å². The predicted molar refractivity (Wildman–Crippen MR) is 183 cm³/mol. The van der Waals surface area contributed by atoms with E-state index >= 15 is 0 Å². The van der Waals surface area contributed by atoms with Crippen LogP contribution in [0.25, 0.3) is 22.0 Å². The summed E-state index contributed by atoms with van der Waals surface area (Å²) in [5.41, 5.74) is 5.83. The number of H-pyrrole nitrogens is 1. The SMILES string of the molecule is CCC(C)n1cc(C)c2c(C(=O)NCc3c(C)[nH]c(C)cc3=O)cc(-c3ccc(N4CCN(C(=O)OC(C)(C)C)CC4)nc3)cc21. The molecule has 4 aromatic rings. The molecule has 1 aliphatic heterocycles. The number of aromatic amines is 1. The van der Waals surface area contributed by atoms with Gasteiger partial charge in [-0.2, -0.15) is 0 Å². The quantitative estimate of drug-likeness (QED) is 0.250. The summed E-state index contributed by atoms with van der Waals surface area (Å²) >= 11 is 0. The molecule has 1 unspecified atom stereocenters. The Morgan fingerprint density at radius 2 is 1.76 bits per heavy atom. The molecular formula is C36H46N6O4. The van der Waals surface area contributed by atoms with Crippen LogP contribution in [0.2, 0.25) is 0 Å². The van der Waals surface area contributed by atoms with Crippen LogP contribution in [0.1, 0.15) is 80.0 Å². The summed E-state index contributed by atoms with van der Waals surface area (Å²) in [6.45, 7) is 18.3. The van der Waals surface area contributed by atoms with Crippen molar-refractivity contribution in [1.82, 2.24) is 24.8 Å². The predicted octanol–water partition coefficient (Wildman–Crippen LogP) is 6.27. The molecule has 2 N–H and O–H groups in total. The molecule has 3 aromatic heterocycles. The van der Waals surface area contributed by atoms with Crippen LogP contribution in [0.15, 0.2) is 47.5 Å². The zero-order chi connectivity index (χ0) is 33.3. The van der Waals surface area contributed by atoms with Gasteiger partial charge < -0.3 is 29.4 Å². The Morgan fingerprint density at radius 1 is 1.04 bits per heavy atom. The van der Waals surface area contributed by atoms with Gasteiger partial charge in [-0.1, -0.05) is 6.92 Å². The normalized spacial score (nSPS) is 14.4. The standard InChI is InChI=1S/C36H46N6O4/c1-9-24(4)42-21-22(2)33-28(34(44)38-20-29-25(5)39-23(3)16-31(29)43)17-27(18-30(33)42)26-10-11-32(37-19-26)40-12-14-41(15-13-40)35(45)46-36(6,7)8/h10-11,16-19,21,24H,9,12-15,20H2,1-8H3,(H,38,44)(H,39,43). The van der Waals surface area contributed by atoms with Crippen molar-refractivity contribution >= 4 is 28.7 Å². The average molecular weight is 627 g/mol. The molecule has 1 aromatic carbocycles. The molecule has 244 valence electrons. The van der Waals surface area contributed by atoms with Gasteiger partial charge in [-0.3, -0.25) is 9.59 Å². The highest BCUT2D eigenvalue weighted by atomic mass is 16.6. The average Bonchev–Trinajstić information content (AvgIpc) is 3.35. The number of rotatable bonds is 7. The first-order valence-corrected chi connectivity index (χ1v) is 16.1.